The monoisotopic (exact) mass is 280 g/mol. The van der Waals surface area contributed by atoms with Crippen LogP contribution in [-0.4, -0.2) is 38.9 Å². The maximum atomic E-state index is 11.9. The van der Waals surface area contributed by atoms with Crippen molar-refractivity contribution in [3.05, 3.63) is 32.6 Å². The van der Waals surface area contributed by atoms with Crippen LogP contribution in [0.3, 0.4) is 0 Å². The molecule has 0 spiro atoms. The number of nitrogens with zero attached hydrogens (tertiary/aromatic N) is 3. The molecule has 2 amide bonds. The average Bonchev–Trinajstić information content (AvgIpc) is 2.66. The number of nitrogens with one attached hydrogen (secondary N) is 1. The average molecular weight is 280 g/mol. The number of rotatable bonds is 3. The van der Waals surface area contributed by atoms with Crippen LogP contribution in [0.2, 0.25) is 0 Å². The summed E-state index contributed by atoms with van der Waals surface area (Å²) in [6.45, 7) is 0.123. The number of carbonyl (C=O) groups is 2. The van der Waals surface area contributed by atoms with Gasteiger partial charge in [-0.2, -0.15) is 0 Å². The van der Waals surface area contributed by atoms with Crippen LogP contribution in [0.25, 0.3) is 0 Å². The zero-order valence-corrected chi connectivity index (χ0v) is 11.5. The molecule has 1 N–H and O–H groups in total. The second-order valence-electron chi connectivity index (χ2n) is 4.84. The Morgan fingerprint density at radius 3 is 2.40 bits per heavy atom. The van der Waals surface area contributed by atoms with E-state index >= 15 is 0 Å². The van der Waals surface area contributed by atoms with E-state index in [0.717, 1.165) is 9.47 Å². The fourth-order valence-corrected chi connectivity index (χ4v) is 2.15. The van der Waals surface area contributed by atoms with Gasteiger partial charge in [-0.15, -0.1) is 0 Å². The van der Waals surface area contributed by atoms with E-state index < -0.39 is 17.3 Å². The van der Waals surface area contributed by atoms with Crippen molar-refractivity contribution in [3.8, 4) is 0 Å². The molecule has 0 bridgehead atoms. The molecule has 108 valence electrons. The number of imide groups is 1. The SMILES string of the molecule is CN1C(=O)CC(NCc2cn(C)c(=O)n(C)c2=O)C1=O. The van der Waals surface area contributed by atoms with Gasteiger partial charge >= 0.3 is 5.69 Å². The highest BCUT2D eigenvalue weighted by molar-refractivity contribution is 6.05. The predicted octanol–water partition coefficient (Wildman–Crippen LogP) is -2.07. The van der Waals surface area contributed by atoms with Crippen molar-refractivity contribution in [2.75, 3.05) is 7.05 Å². The molecular formula is C12H16N4O4. The van der Waals surface area contributed by atoms with Crippen LogP contribution < -0.4 is 16.6 Å². The molecule has 1 saturated heterocycles. The van der Waals surface area contributed by atoms with E-state index in [9.17, 15) is 19.2 Å². The van der Waals surface area contributed by atoms with Gasteiger partial charge in [0.2, 0.25) is 11.8 Å². The second kappa shape index (κ2) is 5.04. The Hall–Kier alpha value is -2.22. The molecule has 0 aromatic carbocycles. The quantitative estimate of drug-likeness (QED) is 0.642. The number of aromatic nitrogens is 2. The van der Waals surface area contributed by atoms with Crippen LogP contribution in [0, 0.1) is 0 Å². The first-order chi connectivity index (χ1) is 9.32. The van der Waals surface area contributed by atoms with E-state index in [4.69, 9.17) is 0 Å². The fourth-order valence-electron chi connectivity index (χ4n) is 2.15. The molecule has 1 atom stereocenters. The summed E-state index contributed by atoms with van der Waals surface area (Å²) in [6, 6.07) is -0.616. The summed E-state index contributed by atoms with van der Waals surface area (Å²) in [5, 5.41) is 2.88. The molecule has 2 heterocycles. The standard InChI is InChI=1S/C12H16N4O4/c1-14-6-7(10(18)16(3)12(14)20)5-13-8-4-9(17)15(2)11(8)19/h6,8,13H,4-5H2,1-3H3. The summed E-state index contributed by atoms with van der Waals surface area (Å²) in [6.07, 6.45) is 1.52. The van der Waals surface area contributed by atoms with Gasteiger partial charge in [0.1, 0.15) is 0 Å². The third-order valence-electron chi connectivity index (χ3n) is 3.44. The number of carbonyl (C=O) groups excluding carboxylic acids is 2. The van der Waals surface area contributed by atoms with Crippen molar-refractivity contribution < 1.29 is 9.59 Å². The Kier molecular flexibility index (Phi) is 3.58. The number of hydrogen-bond acceptors (Lipinski definition) is 5. The van der Waals surface area contributed by atoms with Gasteiger partial charge in [0, 0.05) is 39.4 Å². The van der Waals surface area contributed by atoms with Crippen molar-refractivity contribution in [3.63, 3.8) is 0 Å². The van der Waals surface area contributed by atoms with Gasteiger partial charge in [-0.05, 0) is 0 Å². The predicted molar refractivity (Wildman–Crippen MR) is 69.9 cm³/mol. The summed E-state index contributed by atoms with van der Waals surface area (Å²) in [4.78, 5) is 47.6. The fraction of sp³-hybridized carbons (Fsp3) is 0.500. The molecule has 0 saturated carbocycles. The first-order valence-corrected chi connectivity index (χ1v) is 6.12. The van der Waals surface area contributed by atoms with Crippen molar-refractivity contribution >= 4 is 11.8 Å². The van der Waals surface area contributed by atoms with Gasteiger partial charge in [-0.1, -0.05) is 0 Å². The van der Waals surface area contributed by atoms with Crippen LogP contribution in [-0.2, 0) is 30.2 Å². The molecule has 1 aromatic heterocycles. The minimum atomic E-state index is -0.616. The minimum Gasteiger partial charge on any atom is -0.303 e. The van der Waals surface area contributed by atoms with E-state index in [-0.39, 0.29) is 24.8 Å². The van der Waals surface area contributed by atoms with Gasteiger partial charge in [-0.3, -0.25) is 23.9 Å². The lowest BCUT2D eigenvalue weighted by Crippen LogP contribution is -2.42. The lowest BCUT2D eigenvalue weighted by molar-refractivity contribution is -0.137. The second-order valence-corrected chi connectivity index (χ2v) is 4.84. The topological polar surface area (TPSA) is 93.4 Å². The molecule has 1 aliphatic rings. The molecule has 8 heteroatoms. The summed E-state index contributed by atoms with van der Waals surface area (Å²) in [7, 11) is 4.37. The Morgan fingerprint density at radius 2 is 1.85 bits per heavy atom. The van der Waals surface area contributed by atoms with Gasteiger partial charge in [-0.25, -0.2) is 4.79 Å². The highest BCUT2D eigenvalue weighted by Crippen LogP contribution is 2.10. The highest BCUT2D eigenvalue weighted by Gasteiger charge is 2.35. The zero-order valence-electron chi connectivity index (χ0n) is 11.5. The maximum absolute atomic E-state index is 11.9. The molecule has 0 aliphatic carbocycles. The number of hydrogen-bond donors (Lipinski definition) is 1. The van der Waals surface area contributed by atoms with Gasteiger partial charge in [0.15, 0.2) is 0 Å². The summed E-state index contributed by atoms with van der Waals surface area (Å²) in [5.41, 5.74) is -0.458. The number of likely N-dealkylation sites (tertiary alicyclic amines) is 1. The van der Waals surface area contributed by atoms with Crippen LogP contribution >= 0.6 is 0 Å². The van der Waals surface area contributed by atoms with E-state index in [1.165, 1.54) is 24.9 Å². The molecule has 1 fully saturated rings. The highest BCUT2D eigenvalue weighted by atomic mass is 16.2. The molecule has 2 rings (SSSR count). The maximum Gasteiger partial charge on any atom is 0.330 e. The summed E-state index contributed by atoms with van der Waals surface area (Å²) < 4.78 is 2.30. The van der Waals surface area contributed by atoms with Crippen LogP contribution in [0.4, 0.5) is 0 Å². The zero-order chi connectivity index (χ0) is 15.0. The first kappa shape index (κ1) is 14.2. The van der Waals surface area contributed by atoms with Crippen molar-refractivity contribution in [1.29, 1.82) is 0 Å². The molecule has 1 unspecified atom stereocenters. The lowest BCUT2D eigenvalue weighted by Gasteiger charge is -2.12. The van der Waals surface area contributed by atoms with E-state index in [1.54, 1.807) is 7.05 Å². The molecule has 8 nitrogen and oxygen atoms in total. The Morgan fingerprint density at radius 1 is 1.20 bits per heavy atom. The Labute approximate surface area is 114 Å². The first-order valence-electron chi connectivity index (χ1n) is 6.12. The Bertz CT molecular complexity index is 688. The van der Waals surface area contributed by atoms with Crippen LogP contribution in [0.1, 0.15) is 12.0 Å². The minimum absolute atomic E-state index is 0.0847. The van der Waals surface area contributed by atoms with Crippen LogP contribution in [0.5, 0.6) is 0 Å². The lowest BCUT2D eigenvalue weighted by atomic mass is 10.2. The summed E-state index contributed by atoms with van der Waals surface area (Å²) in [5.74, 6) is -0.558. The molecule has 0 radical (unpaired) electrons. The van der Waals surface area contributed by atoms with E-state index in [0.29, 0.717) is 5.56 Å². The number of aryl methyl sites for hydroxylation is 1. The van der Waals surface area contributed by atoms with Crippen LogP contribution in [0.15, 0.2) is 15.8 Å². The molecular weight excluding hydrogens is 264 g/mol. The number of likely N-dealkylation sites (N-methyl/N-ethyl adjacent to an activating group) is 1. The van der Waals surface area contributed by atoms with E-state index in [1.807, 2.05) is 0 Å². The van der Waals surface area contributed by atoms with Crippen molar-refractivity contribution in [1.82, 2.24) is 19.4 Å². The molecule has 20 heavy (non-hydrogen) atoms. The van der Waals surface area contributed by atoms with Gasteiger partial charge in [0.25, 0.3) is 5.56 Å². The van der Waals surface area contributed by atoms with Gasteiger partial charge in [0.05, 0.1) is 12.5 Å². The third kappa shape index (κ3) is 2.29. The van der Waals surface area contributed by atoms with Crippen molar-refractivity contribution in [2.24, 2.45) is 14.1 Å². The normalized spacial score (nSPS) is 18.9. The molecule has 1 aromatic rings. The number of amides is 2. The molecule has 1 aliphatic heterocycles. The van der Waals surface area contributed by atoms with Crippen molar-refractivity contribution in [2.45, 2.75) is 19.0 Å². The summed E-state index contributed by atoms with van der Waals surface area (Å²) >= 11 is 0. The largest absolute Gasteiger partial charge is 0.330 e. The third-order valence-corrected chi connectivity index (χ3v) is 3.44. The van der Waals surface area contributed by atoms with E-state index in [2.05, 4.69) is 5.32 Å². The van der Waals surface area contributed by atoms with Gasteiger partial charge < -0.3 is 9.88 Å². The Balaban J connectivity index is 2.17. The smallest absolute Gasteiger partial charge is 0.303 e.